The van der Waals surface area contributed by atoms with Gasteiger partial charge in [0.25, 0.3) is 10.1 Å². The molecule has 26 heavy (non-hydrogen) atoms. The highest BCUT2D eigenvalue weighted by molar-refractivity contribution is 7.85. The zero-order valence-electron chi connectivity index (χ0n) is 14.2. The lowest BCUT2D eigenvalue weighted by Crippen LogP contribution is -2.05. The Hall–Kier alpha value is -2.76. The molecule has 4 aromatic rings. The molecule has 0 saturated carbocycles. The monoisotopic (exact) mass is 363 g/mol. The van der Waals surface area contributed by atoms with Crippen LogP contribution in [0.4, 0.5) is 0 Å². The van der Waals surface area contributed by atoms with E-state index in [1.807, 2.05) is 42.5 Å². The highest BCUT2D eigenvalue weighted by atomic mass is 32.2. The van der Waals surface area contributed by atoms with E-state index < -0.39 is 10.1 Å². The fraction of sp³-hybridized carbons (Fsp3) is 0.0952. The van der Waals surface area contributed by atoms with Crippen LogP contribution in [0.2, 0.25) is 0 Å². The molecular formula is C21H17NO3S. The molecule has 4 rings (SSSR count). The highest BCUT2D eigenvalue weighted by Crippen LogP contribution is 2.32. The first-order chi connectivity index (χ1) is 12.6. The van der Waals surface area contributed by atoms with Crippen LogP contribution >= 0.6 is 0 Å². The molecule has 0 aliphatic rings. The molecule has 4 nitrogen and oxygen atoms in total. The quantitative estimate of drug-likeness (QED) is 0.395. The Morgan fingerprint density at radius 1 is 0.808 bits per heavy atom. The third-order valence-electron chi connectivity index (χ3n) is 4.43. The maximum absolute atomic E-state index is 11.6. The Bertz CT molecular complexity index is 1200. The van der Waals surface area contributed by atoms with Gasteiger partial charge in [-0.2, -0.15) is 8.42 Å². The summed E-state index contributed by atoms with van der Waals surface area (Å²) in [4.78, 5) is 4.85. The van der Waals surface area contributed by atoms with Gasteiger partial charge in [-0.15, -0.1) is 0 Å². The molecule has 0 atom stereocenters. The van der Waals surface area contributed by atoms with Gasteiger partial charge in [-0.1, -0.05) is 66.7 Å². The van der Waals surface area contributed by atoms with E-state index >= 15 is 0 Å². The van der Waals surface area contributed by atoms with E-state index in [4.69, 9.17) is 4.98 Å². The van der Waals surface area contributed by atoms with Crippen LogP contribution in [0.15, 0.2) is 72.8 Å². The smallest absolute Gasteiger partial charge is 0.271 e. The standard InChI is InChI=1S/C21H17NO3S/c1-25-26(23,24)14-15-10-12-16(13-11-15)21-19-8-3-2-6-17(19)18-7-4-5-9-20(18)22-21/h2-13H,14H2,1H3. The average Bonchev–Trinajstić information content (AvgIpc) is 2.68. The van der Waals surface area contributed by atoms with Gasteiger partial charge in [0.1, 0.15) is 5.75 Å². The SMILES string of the molecule is COS(=O)(=O)Cc1ccc(-c2nc3ccccc3c3ccccc23)cc1. The molecule has 0 radical (unpaired) electrons. The number of pyridine rings is 1. The van der Waals surface area contributed by atoms with Crippen molar-refractivity contribution in [3.63, 3.8) is 0 Å². The van der Waals surface area contributed by atoms with Crippen LogP contribution in [-0.4, -0.2) is 20.5 Å². The number of nitrogens with zero attached hydrogens (tertiary/aromatic N) is 1. The third-order valence-corrected chi connectivity index (χ3v) is 5.63. The summed E-state index contributed by atoms with van der Waals surface area (Å²) in [5.74, 6) is -0.143. The number of rotatable bonds is 4. The number of benzene rings is 3. The fourth-order valence-corrected chi connectivity index (χ4v) is 3.86. The van der Waals surface area contributed by atoms with Crippen molar-refractivity contribution >= 4 is 31.8 Å². The highest BCUT2D eigenvalue weighted by Gasteiger charge is 2.12. The Balaban J connectivity index is 1.86. The summed E-state index contributed by atoms with van der Waals surface area (Å²) in [6.07, 6.45) is 0. The molecule has 0 aliphatic carbocycles. The van der Waals surface area contributed by atoms with Gasteiger partial charge in [0.05, 0.1) is 18.3 Å². The summed E-state index contributed by atoms with van der Waals surface area (Å²) in [5.41, 5.74) is 3.46. The zero-order valence-corrected chi connectivity index (χ0v) is 15.0. The van der Waals surface area contributed by atoms with Gasteiger partial charge in [-0.05, 0) is 17.0 Å². The molecule has 1 heterocycles. The Labute approximate surface area is 152 Å². The van der Waals surface area contributed by atoms with Gasteiger partial charge < -0.3 is 0 Å². The summed E-state index contributed by atoms with van der Waals surface area (Å²) in [6.45, 7) is 0. The number of hydrogen-bond acceptors (Lipinski definition) is 4. The van der Waals surface area contributed by atoms with Gasteiger partial charge in [0.2, 0.25) is 0 Å². The van der Waals surface area contributed by atoms with Crippen LogP contribution in [0.3, 0.4) is 0 Å². The maximum Gasteiger partial charge on any atom is 0.271 e. The van der Waals surface area contributed by atoms with E-state index in [1.54, 1.807) is 12.1 Å². The van der Waals surface area contributed by atoms with Crippen molar-refractivity contribution in [1.29, 1.82) is 0 Å². The largest absolute Gasteiger partial charge is 0.273 e. The van der Waals surface area contributed by atoms with Gasteiger partial charge in [-0.3, -0.25) is 4.18 Å². The van der Waals surface area contributed by atoms with Crippen LogP contribution in [0.1, 0.15) is 5.56 Å². The number of para-hydroxylation sites is 1. The Morgan fingerprint density at radius 3 is 2.12 bits per heavy atom. The molecule has 0 amide bonds. The van der Waals surface area contributed by atoms with Crippen molar-refractivity contribution in [2.45, 2.75) is 5.75 Å². The van der Waals surface area contributed by atoms with Gasteiger partial charge >= 0.3 is 0 Å². The minimum atomic E-state index is -3.53. The number of aromatic nitrogens is 1. The van der Waals surface area contributed by atoms with Gasteiger partial charge in [0, 0.05) is 16.3 Å². The van der Waals surface area contributed by atoms with Crippen LogP contribution in [-0.2, 0) is 20.1 Å². The van der Waals surface area contributed by atoms with Crippen LogP contribution in [0.5, 0.6) is 0 Å². The lowest BCUT2D eigenvalue weighted by Gasteiger charge is -2.10. The lowest BCUT2D eigenvalue weighted by molar-refractivity contribution is 0.397. The lowest BCUT2D eigenvalue weighted by atomic mass is 9.99. The molecule has 0 spiro atoms. The number of fused-ring (bicyclic) bond motifs is 3. The Morgan fingerprint density at radius 2 is 1.42 bits per heavy atom. The molecule has 0 fully saturated rings. The van der Waals surface area contributed by atoms with E-state index in [0.717, 1.165) is 32.9 Å². The fourth-order valence-electron chi connectivity index (χ4n) is 3.15. The van der Waals surface area contributed by atoms with Crippen molar-refractivity contribution < 1.29 is 12.6 Å². The third kappa shape index (κ3) is 3.07. The molecule has 0 unspecified atom stereocenters. The van der Waals surface area contributed by atoms with Crippen molar-refractivity contribution in [3.8, 4) is 11.3 Å². The maximum atomic E-state index is 11.6. The number of hydrogen-bond donors (Lipinski definition) is 0. The first kappa shape index (κ1) is 16.7. The normalized spacial score (nSPS) is 11.9. The minimum absolute atomic E-state index is 0.143. The van der Waals surface area contributed by atoms with Gasteiger partial charge in [0.15, 0.2) is 0 Å². The summed E-state index contributed by atoms with van der Waals surface area (Å²) in [7, 11) is -2.35. The second kappa shape index (κ2) is 6.52. The predicted octanol–water partition coefficient (Wildman–Crippen LogP) is 4.53. The molecule has 0 N–H and O–H groups in total. The van der Waals surface area contributed by atoms with E-state index in [-0.39, 0.29) is 5.75 Å². The summed E-state index contributed by atoms with van der Waals surface area (Å²) in [6, 6.07) is 23.7. The molecule has 0 bridgehead atoms. The summed E-state index contributed by atoms with van der Waals surface area (Å²) >= 11 is 0. The first-order valence-electron chi connectivity index (χ1n) is 8.22. The average molecular weight is 363 g/mol. The van der Waals surface area contributed by atoms with E-state index in [2.05, 4.69) is 22.4 Å². The van der Waals surface area contributed by atoms with Crippen LogP contribution < -0.4 is 0 Å². The second-order valence-corrected chi connectivity index (χ2v) is 7.83. The van der Waals surface area contributed by atoms with Crippen molar-refractivity contribution in [3.05, 3.63) is 78.4 Å². The van der Waals surface area contributed by atoms with Crippen molar-refractivity contribution in [2.75, 3.05) is 7.11 Å². The van der Waals surface area contributed by atoms with Crippen molar-refractivity contribution in [2.24, 2.45) is 0 Å². The second-order valence-electron chi connectivity index (χ2n) is 6.09. The van der Waals surface area contributed by atoms with Crippen molar-refractivity contribution in [1.82, 2.24) is 4.98 Å². The van der Waals surface area contributed by atoms with E-state index in [0.29, 0.717) is 5.56 Å². The molecule has 1 aromatic heterocycles. The molecular weight excluding hydrogens is 346 g/mol. The van der Waals surface area contributed by atoms with E-state index in [1.165, 1.54) is 7.11 Å². The summed E-state index contributed by atoms with van der Waals surface area (Å²) < 4.78 is 27.7. The minimum Gasteiger partial charge on any atom is -0.273 e. The summed E-state index contributed by atoms with van der Waals surface area (Å²) in [5, 5.41) is 3.34. The van der Waals surface area contributed by atoms with Crippen LogP contribution in [0, 0.1) is 0 Å². The topological polar surface area (TPSA) is 56.3 Å². The Kier molecular flexibility index (Phi) is 4.18. The zero-order chi connectivity index (χ0) is 18.1. The molecule has 3 aromatic carbocycles. The molecule has 0 saturated heterocycles. The molecule has 5 heteroatoms. The van der Waals surface area contributed by atoms with Gasteiger partial charge in [-0.25, -0.2) is 4.98 Å². The molecule has 0 aliphatic heterocycles. The predicted molar refractivity (Wildman–Crippen MR) is 104 cm³/mol. The molecule has 130 valence electrons. The first-order valence-corrected chi connectivity index (χ1v) is 9.80. The van der Waals surface area contributed by atoms with E-state index in [9.17, 15) is 8.42 Å². The van der Waals surface area contributed by atoms with Crippen LogP contribution in [0.25, 0.3) is 32.9 Å².